The molecule has 6 nitrogen and oxygen atoms in total. The molecule has 28 heavy (non-hydrogen) atoms. The molecule has 0 spiro atoms. The van der Waals surface area contributed by atoms with Gasteiger partial charge in [-0.15, -0.1) is 0 Å². The van der Waals surface area contributed by atoms with Crippen molar-refractivity contribution in [2.45, 2.75) is 32.4 Å². The van der Waals surface area contributed by atoms with E-state index in [0.717, 1.165) is 16.9 Å². The van der Waals surface area contributed by atoms with Crippen molar-refractivity contribution in [3.05, 3.63) is 65.7 Å². The van der Waals surface area contributed by atoms with E-state index in [1.807, 2.05) is 54.6 Å². The lowest BCUT2D eigenvalue weighted by atomic mass is 10.0. The zero-order chi connectivity index (χ0) is 20.4. The van der Waals surface area contributed by atoms with Crippen molar-refractivity contribution in [1.29, 1.82) is 0 Å². The van der Waals surface area contributed by atoms with Crippen LogP contribution in [-0.4, -0.2) is 48.1 Å². The molecule has 0 aliphatic rings. The largest absolute Gasteiger partial charge is 0.497 e. The molecule has 150 valence electrons. The summed E-state index contributed by atoms with van der Waals surface area (Å²) in [6.07, 6.45) is 0.703. The molecule has 0 bridgehead atoms. The van der Waals surface area contributed by atoms with Crippen molar-refractivity contribution < 1.29 is 19.4 Å². The van der Waals surface area contributed by atoms with Gasteiger partial charge in [-0.2, -0.15) is 0 Å². The lowest BCUT2D eigenvalue weighted by Gasteiger charge is -2.31. The van der Waals surface area contributed by atoms with E-state index in [0.29, 0.717) is 19.4 Å². The Balaban J connectivity index is 2.30. The van der Waals surface area contributed by atoms with E-state index in [4.69, 9.17) is 9.84 Å². The minimum absolute atomic E-state index is 0.101. The molecule has 0 radical (unpaired) electrons. The van der Waals surface area contributed by atoms with E-state index in [1.165, 1.54) is 0 Å². The van der Waals surface area contributed by atoms with Crippen LogP contribution < -0.4 is 10.1 Å². The fraction of sp³-hybridized carbons (Fsp3) is 0.364. The van der Waals surface area contributed by atoms with Crippen molar-refractivity contribution in [2.75, 3.05) is 20.3 Å². The molecule has 1 atom stereocenters. The van der Waals surface area contributed by atoms with Gasteiger partial charge < -0.3 is 20.1 Å². The number of aliphatic hydroxyl groups excluding tert-OH is 1. The Kier molecular flexibility index (Phi) is 8.49. The molecule has 0 aromatic heterocycles. The summed E-state index contributed by atoms with van der Waals surface area (Å²) in [5.74, 6) is 0.364. The van der Waals surface area contributed by atoms with Gasteiger partial charge in [-0.05, 0) is 23.3 Å². The van der Waals surface area contributed by atoms with Crippen LogP contribution in [0.4, 0.5) is 0 Å². The lowest BCUT2D eigenvalue weighted by molar-refractivity contribution is -0.141. The molecular weight excluding hydrogens is 356 g/mol. The maximum absolute atomic E-state index is 12.8. The molecule has 2 aromatic carbocycles. The zero-order valence-electron chi connectivity index (χ0n) is 16.4. The topological polar surface area (TPSA) is 78.9 Å². The van der Waals surface area contributed by atoms with Crippen LogP contribution >= 0.6 is 0 Å². The van der Waals surface area contributed by atoms with Crippen molar-refractivity contribution >= 4 is 11.8 Å². The maximum Gasteiger partial charge on any atom is 0.243 e. The smallest absolute Gasteiger partial charge is 0.243 e. The van der Waals surface area contributed by atoms with E-state index in [2.05, 4.69) is 5.32 Å². The predicted octanol–water partition coefficient (Wildman–Crippen LogP) is 2.15. The number of carbonyl (C=O) groups excluding carboxylic acids is 2. The number of nitrogens with zero attached hydrogens (tertiary/aromatic N) is 1. The first-order chi connectivity index (χ1) is 13.6. The van der Waals surface area contributed by atoms with Gasteiger partial charge in [0.2, 0.25) is 11.8 Å². The lowest BCUT2D eigenvalue weighted by Crippen LogP contribution is -2.50. The number of benzene rings is 2. The SMILES string of the molecule is CCC(=O)N(Cc1ccc(OC)cc1)[C@@H](Cc1ccccc1)C(=O)NCCO. The third kappa shape index (κ3) is 6.09. The molecule has 2 aromatic rings. The fourth-order valence-electron chi connectivity index (χ4n) is 2.98. The summed E-state index contributed by atoms with van der Waals surface area (Å²) in [5, 5.41) is 11.8. The second-order valence-electron chi connectivity index (χ2n) is 6.44. The number of ether oxygens (including phenoxy) is 1. The van der Waals surface area contributed by atoms with Gasteiger partial charge in [-0.3, -0.25) is 9.59 Å². The van der Waals surface area contributed by atoms with Crippen LogP contribution in [0, 0.1) is 0 Å². The van der Waals surface area contributed by atoms with E-state index in [-0.39, 0.29) is 25.0 Å². The number of amides is 2. The number of aliphatic hydroxyl groups is 1. The van der Waals surface area contributed by atoms with Gasteiger partial charge in [0, 0.05) is 25.9 Å². The Morgan fingerprint density at radius 2 is 1.75 bits per heavy atom. The van der Waals surface area contributed by atoms with Gasteiger partial charge in [0.05, 0.1) is 13.7 Å². The Bertz CT molecular complexity index is 747. The minimum atomic E-state index is -0.663. The summed E-state index contributed by atoms with van der Waals surface area (Å²) in [5.41, 5.74) is 1.88. The van der Waals surface area contributed by atoms with Crippen LogP contribution in [0.5, 0.6) is 5.75 Å². The summed E-state index contributed by atoms with van der Waals surface area (Å²) in [6.45, 7) is 2.11. The third-order valence-corrected chi connectivity index (χ3v) is 4.50. The van der Waals surface area contributed by atoms with Gasteiger partial charge in [0.1, 0.15) is 11.8 Å². The molecule has 0 saturated heterocycles. The number of carbonyl (C=O) groups is 2. The summed E-state index contributed by atoms with van der Waals surface area (Å²) in [7, 11) is 1.60. The Morgan fingerprint density at radius 3 is 2.32 bits per heavy atom. The van der Waals surface area contributed by atoms with Gasteiger partial charge in [-0.25, -0.2) is 0 Å². The zero-order valence-corrected chi connectivity index (χ0v) is 16.4. The molecule has 0 unspecified atom stereocenters. The summed E-state index contributed by atoms with van der Waals surface area (Å²) in [6, 6.07) is 16.4. The second kappa shape index (κ2) is 11.1. The maximum atomic E-state index is 12.8. The first-order valence-electron chi connectivity index (χ1n) is 9.44. The van der Waals surface area contributed by atoms with Crippen LogP contribution in [0.3, 0.4) is 0 Å². The molecule has 0 aliphatic carbocycles. The van der Waals surface area contributed by atoms with E-state index in [9.17, 15) is 9.59 Å². The third-order valence-electron chi connectivity index (χ3n) is 4.50. The number of hydrogen-bond donors (Lipinski definition) is 2. The second-order valence-corrected chi connectivity index (χ2v) is 6.44. The van der Waals surface area contributed by atoms with Crippen LogP contribution in [0.2, 0.25) is 0 Å². The molecule has 2 rings (SSSR count). The quantitative estimate of drug-likeness (QED) is 0.658. The number of methoxy groups -OCH3 is 1. The average molecular weight is 384 g/mol. The Morgan fingerprint density at radius 1 is 1.07 bits per heavy atom. The molecule has 0 fully saturated rings. The van der Waals surface area contributed by atoms with Gasteiger partial charge in [0.15, 0.2) is 0 Å². The first-order valence-corrected chi connectivity index (χ1v) is 9.44. The molecule has 2 amide bonds. The predicted molar refractivity (Wildman–Crippen MR) is 108 cm³/mol. The van der Waals surface area contributed by atoms with E-state index in [1.54, 1.807) is 18.9 Å². The number of nitrogens with one attached hydrogen (secondary N) is 1. The summed E-state index contributed by atoms with van der Waals surface area (Å²) in [4.78, 5) is 27.2. The minimum Gasteiger partial charge on any atom is -0.497 e. The van der Waals surface area contributed by atoms with Crippen molar-refractivity contribution in [1.82, 2.24) is 10.2 Å². The average Bonchev–Trinajstić information content (AvgIpc) is 2.75. The summed E-state index contributed by atoms with van der Waals surface area (Å²) < 4.78 is 5.18. The van der Waals surface area contributed by atoms with Crippen LogP contribution in [-0.2, 0) is 22.6 Å². The number of rotatable bonds is 10. The molecule has 0 saturated carbocycles. The summed E-state index contributed by atoms with van der Waals surface area (Å²) >= 11 is 0. The van der Waals surface area contributed by atoms with Crippen molar-refractivity contribution in [2.24, 2.45) is 0 Å². The van der Waals surface area contributed by atoms with Crippen LogP contribution in [0.25, 0.3) is 0 Å². The molecule has 0 heterocycles. The fourth-order valence-corrected chi connectivity index (χ4v) is 2.98. The Labute approximate surface area is 166 Å². The highest BCUT2D eigenvalue weighted by molar-refractivity contribution is 5.87. The van der Waals surface area contributed by atoms with Crippen LogP contribution in [0.1, 0.15) is 24.5 Å². The molecule has 2 N–H and O–H groups in total. The highest BCUT2D eigenvalue weighted by atomic mass is 16.5. The normalized spacial score (nSPS) is 11.5. The van der Waals surface area contributed by atoms with Gasteiger partial charge in [0.25, 0.3) is 0 Å². The van der Waals surface area contributed by atoms with E-state index >= 15 is 0 Å². The first kappa shape index (κ1) is 21.4. The molecule has 6 heteroatoms. The highest BCUT2D eigenvalue weighted by Gasteiger charge is 2.29. The van der Waals surface area contributed by atoms with Gasteiger partial charge in [-0.1, -0.05) is 49.4 Å². The van der Waals surface area contributed by atoms with Crippen molar-refractivity contribution in [3.63, 3.8) is 0 Å². The number of hydrogen-bond acceptors (Lipinski definition) is 4. The Hall–Kier alpha value is -2.86. The monoisotopic (exact) mass is 384 g/mol. The van der Waals surface area contributed by atoms with Gasteiger partial charge >= 0.3 is 0 Å². The standard InChI is InChI=1S/C22H28N2O4/c1-3-21(26)24(16-18-9-11-19(28-2)12-10-18)20(22(27)23-13-14-25)15-17-7-5-4-6-8-17/h4-12,20,25H,3,13-16H2,1-2H3,(H,23,27)/t20-/m0/s1. The van der Waals surface area contributed by atoms with Crippen LogP contribution in [0.15, 0.2) is 54.6 Å². The highest BCUT2D eigenvalue weighted by Crippen LogP contribution is 2.18. The van der Waals surface area contributed by atoms with E-state index < -0.39 is 6.04 Å². The molecule has 0 aliphatic heterocycles. The molecular formula is C22H28N2O4. The van der Waals surface area contributed by atoms with Crippen molar-refractivity contribution in [3.8, 4) is 5.75 Å².